The summed E-state index contributed by atoms with van der Waals surface area (Å²) < 4.78 is 12.0. The van der Waals surface area contributed by atoms with Crippen LogP contribution in [0.3, 0.4) is 0 Å². The molecule has 0 saturated carbocycles. The Balaban J connectivity index is 1.61. The van der Waals surface area contributed by atoms with Gasteiger partial charge < -0.3 is 19.7 Å². The summed E-state index contributed by atoms with van der Waals surface area (Å²) in [4.78, 5) is 36.9. The molecule has 0 spiro atoms. The number of thioether (sulfide) groups is 1. The van der Waals surface area contributed by atoms with E-state index in [0.29, 0.717) is 23.7 Å². The number of thiocarbonyl (C=S) groups is 1. The van der Waals surface area contributed by atoms with E-state index in [1.165, 1.54) is 0 Å². The highest BCUT2D eigenvalue weighted by Crippen LogP contribution is 2.37. The van der Waals surface area contributed by atoms with Gasteiger partial charge in [-0.15, -0.1) is 0 Å². The summed E-state index contributed by atoms with van der Waals surface area (Å²) in [6, 6.07) is 22.9. The van der Waals surface area contributed by atoms with Gasteiger partial charge in [0.05, 0.1) is 11.3 Å². The van der Waals surface area contributed by atoms with Crippen LogP contribution in [0.1, 0.15) is 23.1 Å². The Bertz CT molecular complexity index is 1380. The predicted molar refractivity (Wildman–Crippen MR) is 147 cm³/mol. The molecule has 3 aromatic rings. The zero-order valence-electron chi connectivity index (χ0n) is 20.0. The van der Waals surface area contributed by atoms with Crippen LogP contribution >= 0.6 is 24.0 Å². The second-order valence-corrected chi connectivity index (χ2v) is 9.93. The standard InChI is InChI=1S/C28H23NO7S2/c30-25(31)15-22(27(33)34)29-26(32)24(38-28(29)37)13-20-11-12-21(35-16-18-7-3-1-4-8-18)14-23(20)36-17-19-9-5-2-6-10-19/h1-14,22H,15-17H2,(H,30,31)(H,33,34)/b24-13-. The minimum Gasteiger partial charge on any atom is -0.489 e. The fourth-order valence-electron chi connectivity index (χ4n) is 3.67. The van der Waals surface area contributed by atoms with Gasteiger partial charge in [-0.2, -0.15) is 0 Å². The normalized spacial score (nSPS) is 14.9. The minimum absolute atomic E-state index is 0.0236. The number of ether oxygens (including phenoxy) is 2. The van der Waals surface area contributed by atoms with Crippen LogP contribution in [0, 0.1) is 0 Å². The van der Waals surface area contributed by atoms with Crippen molar-refractivity contribution in [1.29, 1.82) is 0 Å². The molecule has 194 valence electrons. The summed E-state index contributed by atoms with van der Waals surface area (Å²) >= 11 is 6.14. The van der Waals surface area contributed by atoms with Crippen molar-refractivity contribution in [3.8, 4) is 11.5 Å². The monoisotopic (exact) mass is 549 g/mol. The Morgan fingerprint density at radius 3 is 2.11 bits per heavy atom. The van der Waals surface area contributed by atoms with Gasteiger partial charge in [-0.1, -0.05) is 84.6 Å². The number of rotatable bonds is 11. The van der Waals surface area contributed by atoms with Crippen molar-refractivity contribution >= 4 is 52.2 Å². The molecular formula is C28H23NO7S2. The second kappa shape index (κ2) is 12.4. The fourth-order valence-corrected chi connectivity index (χ4v) is 5.02. The van der Waals surface area contributed by atoms with E-state index >= 15 is 0 Å². The lowest BCUT2D eigenvalue weighted by Gasteiger charge is -2.21. The highest BCUT2D eigenvalue weighted by atomic mass is 32.2. The first-order valence-corrected chi connectivity index (χ1v) is 12.7. The van der Waals surface area contributed by atoms with E-state index in [0.717, 1.165) is 27.8 Å². The Hall–Kier alpha value is -4.15. The molecule has 0 aliphatic carbocycles. The van der Waals surface area contributed by atoms with E-state index in [9.17, 15) is 19.5 Å². The predicted octanol–water partition coefficient (Wildman–Crippen LogP) is 4.97. The first-order valence-electron chi connectivity index (χ1n) is 11.5. The third kappa shape index (κ3) is 6.78. The number of nitrogens with zero attached hydrogens (tertiary/aromatic N) is 1. The van der Waals surface area contributed by atoms with Gasteiger partial charge in [-0.25, -0.2) is 4.79 Å². The third-order valence-electron chi connectivity index (χ3n) is 5.55. The van der Waals surface area contributed by atoms with E-state index in [1.807, 2.05) is 60.7 Å². The SMILES string of the molecule is O=C(O)CC(C(=O)O)N1C(=O)/C(=C/c2ccc(OCc3ccccc3)cc2OCc2ccccc2)SC1=S. The molecule has 4 rings (SSSR count). The highest BCUT2D eigenvalue weighted by Gasteiger charge is 2.41. The van der Waals surface area contributed by atoms with Crippen LogP contribution in [0.5, 0.6) is 11.5 Å². The topological polar surface area (TPSA) is 113 Å². The number of benzene rings is 3. The fraction of sp³-hybridized carbons (Fsp3) is 0.143. The molecule has 1 aliphatic rings. The van der Waals surface area contributed by atoms with E-state index < -0.39 is 30.3 Å². The van der Waals surface area contributed by atoms with Crippen molar-refractivity contribution < 1.29 is 34.1 Å². The smallest absolute Gasteiger partial charge is 0.327 e. The summed E-state index contributed by atoms with van der Waals surface area (Å²) in [5, 5.41) is 18.6. The maximum Gasteiger partial charge on any atom is 0.327 e. The zero-order chi connectivity index (χ0) is 27.1. The largest absolute Gasteiger partial charge is 0.489 e. The van der Waals surface area contributed by atoms with Crippen molar-refractivity contribution in [2.75, 3.05) is 0 Å². The number of carboxylic acid groups (broad SMARTS) is 2. The van der Waals surface area contributed by atoms with Crippen molar-refractivity contribution in [1.82, 2.24) is 4.90 Å². The summed E-state index contributed by atoms with van der Waals surface area (Å²) in [6.07, 6.45) is 0.786. The number of hydrogen-bond acceptors (Lipinski definition) is 7. The van der Waals surface area contributed by atoms with Crippen LogP contribution in [0.2, 0.25) is 0 Å². The quantitative estimate of drug-likeness (QED) is 0.253. The van der Waals surface area contributed by atoms with Crippen molar-refractivity contribution in [3.63, 3.8) is 0 Å². The van der Waals surface area contributed by atoms with Crippen molar-refractivity contribution in [2.24, 2.45) is 0 Å². The molecule has 1 atom stereocenters. The molecule has 1 fully saturated rings. The Morgan fingerprint density at radius 2 is 1.53 bits per heavy atom. The molecular weight excluding hydrogens is 526 g/mol. The number of carboxylic acids is 2. The van der Waals surface area contributed by atoms with Gasteiger partial charge in [0, 0.05) is 11.6 Å². The van der Waals surface area contributed by atoms with Crippen molar-refractivity contribution in [2.45, 2.75) is 25.7 Å². The van der Waals surface area contributed by atoms with Crippen LogP contribution in [0.15, 0.2) is 83.8 Å². The molecule has 1 aliphatic heterocycles. The van der Waals surface area contributed by atoms with Gasteiger partial charge in [0.2, 0.25) is 0 Å². The van der Waals surface area contributed by atoms with Gasteiger partial charge in [-0.05, 0) is 29.3 Å². The summed E-state index contributed by atoms with van der Waals surface area (Å²) in [6.45, 7) is 0.627. The Labute approximate surface area is 228 Å². The van der Waals surface area contributed by atoms with Crippen molar-refractivity contribution in [3.05, 3.63) is 100 Å². The molecule has 1 unspecified atom stereocenters. The lowest BCUT2D eigenvalue weighted by Crippen LogP contribution is -2.45. The van der Waals surface area contributed by atoms with Gasteiger partial charge in [0.1, 0.15) is 35.1 Å². The third-order valence-corrected chi connectivity index (χ3v) is 6.88. The van der Waals surface area contributed by atoms with Gasteiger partial charge in [0.15, 0.2) is 0 Å². The number of hydrogen-bond donors (Lipinski definition) is 2. The number of aliphatic carboxylic acids is 2. The first-order chi connectivity index (χ1) is 18.3. The van der Waals surface area contributed by atoms with Gasteiger partial charge >= 0.3 is 11.9 Å². The maximum atomic E-state index is 13.1. The molecule has 0 bridgehead atoms. The van der Waals surface area contributed by atoms with Crippen LogP contribution < -0.4 is 9.47 Å². The maximum absolute atomic E-state index is 13.1. The summed E-state index contributed by atoms with van der Waals surface area (Å²) in [7, 11) is 0. The summed E-state index contributed by atoms with van der Waals surface area (Å²) in [5.74, 6) is -2.46. The van der Waals surface area contributed by atoms with E-state index in [4.69, 9.17) is 26.8 Å². The average molecular weight is 550 g/mol. The number of amides is 1. The van der Waals surface area contributed by atoms with Crippen LogP contribution in [-0.2, 0) is 27.6 Å². The molecule has 1 saturated heterocycles. The first kappa shape index (κ1) is 26.9. The summed E-state index contributed by atoms with van der Waals surface area (Å²) in [5.41, 5.74) is 2.50. The van der Waals surface area contributed by atoms with Gasteiger partial charge in [-0.3, -0.25) is 14.5 Å². The van der Waals surface area contributed by atoms with E-state index in [-0.39, 0.29) is 15.8 Å². The number of carbonyl (C=O) groups excluding carboxylic acids is 1. The molecule has 2 N–H and O–H groups in total. The van der Waals surface area contributed by atoms with Gasteiger partial charge in [0.25, 0.3) is 5.91 Å². The lowest BCUT2D eigenvalue weighted by atomic mass is 10.1. The zero-order valence-corrected chi connectivity index (χ0v) is 21.6. The van der Waals surface area contributed by atoms with Crippen LogP contribution in [0.25, 0.3) is 6.08 Å². The second-order valence-electron chi connectivity index (χ2n) is 8.25. The molecule has 10 heteroatoms. The highest BCUT2D eigenvalue weighted by molar-refractivity contribution is 8.26. The molecule has 1 amide bonds. The van der Waals surface area contributed by atoms with E-state index in [1.54, 1.807) is 24.3 Å². The molecule has 3 aromatic carbocycles. The molecule has 0 radical (unpaired) electrons. The van der Waals surface area contributed by atoms with Crippen LogP contribution in [0.4, 0.5) is 0 Å². The molecule has 8 nitrogen and oxygen atoms in total. The molecule has 38 heavy (non-hydrogen) atoms. The van der Waals surface area contributed by atoms with Crippen LogP contribution in [-0.4, -0.2) is 43.3 Å². The average Bonchev–Trinajstić information content (AvgIpc) is 3.18. The van der Waals surface area contributed by atoms with E-state index in [2.05, 4.69) is 0 Å². The Kier molecular flexibility index (Phi) is 8.77. The Morgan fingerprint density at radius 1 is 0.921 bits per heavy atom. The number of carbonyl (C=O) groups is 3. The minimum atomic E-state index is -1.60. The molecule has 1 heterocycles. The molecule has 0 aromatic heterocycles. The lowest BCUT2D eigenvalue weighted by molar-refractivity contribution is -0.150.